The molecule has 2 heteroatoms. The number of ketones is 1. The highest BCUT2D eigenvalue weighted by molar-refractivity contribution is 5.79. The molecule has 0 aromatic rings. The van der Waals surface area contributed by atoms with Crippen LogP contribution in [0, 0.1) is 46.3 Å². The van der Waals surface area contributed by atoms with Crippen LogP contribution in [0.1, 0.15) is 72.1 Å². The van der Waals surface area contributed by atoms with Gasteiger partial charge >= 0.3 is 0 Å². The number of hydrogen-bond donors (Lipinski definition) is 1. The lowest BCUT2D eigenvalue weighted by atomic mass is 9.44. The van der Waals surface area contributed by atoms with Crippen LogP contribution in [-0.2, 0) is 4.79 Å². The van der Waals surface area contributed by atoms with Gasteiger partial charge in [0, 0.05) is 12.8 Å². The summed E-state index contributed by atoms with van der Waals surface area (Å²) < 4.78 is 0. The van der Waals surface area contributed by atoms with E-state index in [9.17, 15) is 9.90 Å². The molecule has 4 rings (SSSR count). The third-order valence-electron chi connectivity index (χ3n) is 9.67. The highest BCUT2D eigenvalue weighted by Gasteiger charge is 2.63. The lowest BCUT2D eigenvalue weighted by molar-refractivity contribution is -0.169. The molecule has 0 heterocycles. The van der Waals surface area contributed by atoms with Gasteiger partial charge in [0.25, 0.3) is 0 Å². The van der Waals surface area contributed by atoms with Gasteiger partial charge < -0.3 is 5.11 Å². The quantitative estimate of drug-likeness (QED) is 0.715. The highest BCUT2D eigenvalue weighted by atomic mass is 16.3. The Labute approximate surface area is 153 Å². The largest absolute Gasteiger partial charge is 0.393 e. The lowest BCUT2D eigenvalue weighted by Gasteiger charge is -2.61. The molecule has 140 valence electrons. The van der Waals surface area contributed by atoms with E-state index in [0.29, 0.717) is 35.4 Å². The molecule has 0 aliphatic heterocycles. The van der Waals surface area contributed by atoms with Crippen LogP contribution in [0.5, 0.6) is 0 Å². The number of allylic oxidation sites excluding steroid dienone is 1. The molecule has 0 spiro atoms. The second kappa shape index (κ2) is 5.94. The maximum absolute atomic E-state index is 12.0. The van der Waals surface area contributed by atoms with Gasteiger partial charge in [-0.25, -0.2) is 0 Å². The summed E-state index contributed by atoms with van der Waals surface area (Å²) in [5, 5.41) is 11.3. The lowest BCUT2D eigenvalue weighted by Crippen LogP contribution is -2.58. The topological polar surface area (TPSA) is 37.3 Å². The van der Waals surface area contributed by atoms with Crippen molar-refractivity contribution in [1.29, 1.82) is 0 Å². The Morgan fingerprint density at radius 2 is 1.96 bits per heavy atom. The van der Waals surface area contributed by atoms with Crippen LogP contribution in [0.3, 0.4) is 0 Å². The standard InChI is InChI=1S/C23H36O2/c1-5-14(2)18-8-9-19-17-7-6-15-12-16(24)10-11-22(15,3)20(17)13-21(25)23(18,19)4/h5,14-15,17-21,25H,1,6-13H2,2-4H3/t14-,15-,17+,18-,19+,20+,21+,22+,23-/m1/s1. The summed E-state index contributed by atoms with van der Waals surface area (Å²) in [6.07, 6.45) is 10.5. The molecule has 0 radical (unpaired) electrons. The second-order valence-corrected chi connectivity index (χ2v) is 10.3. The van der Waals surface area contributed by atoms with Crippen molar-refractivity contribution in [3.8, 4) is 0 Å². The second-order valence-electron chi connectivity index (χ2n) is 10.3. The van der Waals surface area contributed by atoms with E-state index in [-0.39, 0.29) is 16.9 Å². The van der Waals surface area contributed by atoms with Crippen LogP contribution in [0.15, 0.2) is 12.7 Å². The van der Waals surface area contributed by atoms with E-state index in [4.69, 9.17) is 0 Å². The molecule has 0 saturated heterocycles. The Bertz CT molecular complexity index is 568. The van der Waals surface area contributed by atoms with E-state index in [1.807, 2.05) is 0 Å². The number of Topliss-reactive ketones (excluding diaryl/α,β-unsaturated/α-hetero) is 1. The molecule has 4 aliphatic carbocycles. The number of hydrogen-bond acceptors (Lipinski definition) is 2. The van der Waals surface area contributed by atoms with Gasteiger partial charge in [0.05, 0.1) is 6.10 Å². The summed E-state index contributed by atoms with van der Waals surface area (Å²) in [5.41, 5.74) is 0.337. The van der Waals surface area contributed by atoms with Crippen LogP contribution < -0.4 is 0 Å². The first-order valence-electron chi connectivity index (χ1n) is 10.6. The maximum Gasteiger partial charge on any atom is 0.133 e. The van der Waals surface area contributed by atoms with E-state index >= 15 is 0 Å². The van der Waals surface area contributed by atoms with Crippen LogP contribution >= 0.6 is 0 Å². The van der Waals surface area contributed by atoms with Crippen molar-refractivity contribution >= 4 is 5.78 Å². The summed E-state index contributed by atoms with van der Waals surface area (Å²) in [7, 11) is 0. The smallest absolute Gasteiger partial charge is 0.133 e. The molecular weight excluding hydrogens is 308 g/mol. The van der Waals surface area contributed by atoms with Crippen molar-refractivity contribution in [2.45, 2.75) is 78.2 Å². The van der Waals surface area contributed by atoms with Crippen LogP contribution in [-0.4, -0.2) is 17.0 Å². The molecule has 0 aromatic heterocycles. The summed E-state index contributed by atoms with van der Waals surface area (Å²) in [4.78, 5) is 12.0. The summed E-state index contributed by atoms with van der Waals surface area (Å²) >= 11 is 0. The number of aliphatic hydroxyl groups is 1. The molecule has 1 N–H and O–H groups in total. The van der Waals surface area contributed by atoms with Gasteiger partial charge in [-0.2, -0.15) is 0 Å². The summed E-state index contributed by atoms with van der Waals surface area (Å²) in [5.74, 6) is 4.13. The van der Waals surface area contributed by atoms with Gasteiger partial charge in [0.1, 0.15) is 5.78 Å². The maximum atomic E-state index is 12.0. The molecule has 0 bridgehead atoms. The normalized spacial score (nSPS) is 53.5. The van der Waals surface area contributed by atoms with E-state index in [2.05, 4.69) is 33.4 Å². The van der Waals surface area contributed by atoms with Crippen LogP contribution in [0.25, 0.3) is 0 Å². The molecule has 4 fully saturated rings. The number of aliphatic hydroxyl groups excluding tert-OH is 1. The van der Waals surface area contributed by atoms with E-state index < -0.39 is 0 Å². The average Bonchev–Trinajstić information content (AvgIpc) is 2.95. The van der Waals surface area contributed by atoms with Gasteiger partial charge in [0.2, 0.25) is 0 Å². The fourth-order valence-corrected chi connectivity index (χ4v) is 8.07. The molecule has 0 unspecified atom stereocenters. The molecule has 4 saturated carbocycles. The average molecular weight is 345 g/mol. The summed E-state index contributed by atoms with van der Waals surface area (Å²) in [6, 6.07) is 0. The SMILES string of the molecule is C=C[C@@H](C)[C@H]1CC[C@H]2[C@@H]3CC[C@@H]4CC(=O)CC[C@]4(C)[C@H]3C[C@H](O)[C@]12C. The van der Waals surface area contributed by atoms with Crippen molar-refractivity contribution in [3.63, 3.8) is 0 Å². The predicted molar refractivity (Wildman–Crippen MR) is 101 cm³/mol. The number of carbonyl (C=O) groups is 1. The molecule has 0 amide bonds. The fraction of sp³-hybridized carbons (Fsp3) is 0.870. The highest BCUT2D eigenvalue weighted by Crippen LogP contribution is 2.68. The van der Waals surface area contributed by atoms with Gasteiger partial charge in [-0.15, -0.1) is 6.58 Å². The first kappa shape index (κ1) is 17.8. The van der Waals surface area contributed by atoms with E-state index in [1.54, 1.807) is 0 Å². The Morgan fingerprint density at radius 1 is 1.20 bits per heavy atom. The Balaban J connectivity index is 1.66. The Kier molecular flexibility index (Phi) is 4.22. The third kappa shape index (κ3) is 2.35. The van der Waals surface area contributed by atoms with Crippen molar-refractivity contribution in [2.75, 3.05) is 0 Å². The fourth-order valence-electron chi connectivity index (χ4n) is 8.07. The van der Waals surface area contributed by atoms with Crippen molar-refractivity contribution in [2.24, 2.45) is 46.3 Å². The Hall–Kier alpha value is -0.630. The molecular formula is C23H36O2. The Morgan fingerprint density at radius 3 is 2.68 bits per heavy atom. The van der Waals surface area contributed by atoms with Gasteiger partial charge in [-0.05, 0) is 84.9 Å². The first-order chi connectivity index (χ1) is 11.8. The molecule has 0 aromatic carbocycles. The molecule has 9 atom stereocenters. The zero-order chi connectivity index (χ0) is 18.0. The van der Waals surface area contributed by atoms with Crippen molar-refractivity contribution < 1.29 is 9.90 Å². The minimum Gasteiger partial charge on any atom is -0.393 e. The summed E-state index contributed by atoms with van der Waals surface area (Å²) in [6.45, 7) is 11.2. The van der Waals surface area contributed by atoms with Crippen molar-refractivity contribution in [1.82, 2.24) is 0 Å². The van der Waals surface area contributed by atoms with Crippen LogP contribution in [0.4, 0.5) is 0 Å². The predicted octanol–water partition coefficient (Wildman–Crippen LogP) is 5.01. The first-order valence-corrected chi connectivity index (χ1v) is 10.6. The van der Waals surface area contributed by atoms with Gasteiger partial charge in [0.15, 0.2) is 0 Å². The minimum atomic E-state index is -0.193. The van der Waals surface area contributed by atoms with Gasteiger partial charge in [-0.3, -0.25) is 4.79 Å². The number of rotatable bonds is 2. The molecule has 2 nitrogen and oxygen atoms in total. The number of carbonyl (C=O) groups excluding carboxylic acids is 1. The monoisotopic (exact) mass is 344 g/mol. The zero-order valence-electron chi connectivity index (χ0n) is 16.3. The van der Waals surface area contributed by atoms with Crippen molar-refractivity contribution in [3.05, 3.63) is 12.7 Å². The minimum absolute atomic E-state index is 0.0580. The zero-order valence-corrected chi connectivity index (χ0v) is 16.3. The number of fused-ring (bicyclic) bond motifs is 5. The third-order valence-corrected chi connectivity index (χ3v) is 9.67. The van der Waals surface area contributed by atoms with E-state index in [1.165, 1.54) is 25.7 Å². The van der Waals surface area contributed by atoms with Gasteiger partial charge in [-0.1, -0.05) is 26.8 Å². The van der Waals surface area contributed by atoms with E-state index in [0.717, 1.165) is 31.6 Å². The molecule has 4 aliphatic rings. The molecule has 25 heavy (non-hydrogen) atoms. The van der Waals surface area contributed by atoms with Crippen LogP contribution in [0.2, 0.25) is 0 Å².